The molecule has 0 N–H and O–H groups in total. The van der Waals surface area contributed by atoms with E-state index in [1.165, 1.54) is 17.0 Å². The molecule has 1 saturated carbocycles. The lowest BCUT2D eigenvalue weighted by Crippen LogP contribution is -2.51. The molecule has 1 aliphatic rings. The number of rotatable bonds is 4. The van der Waals surface area contributed by atoms with Crippen LogP contribution in [0.5, 0.6) is 0 Å². The third-order valence-corrected chi connectivity index (χ3v) is 5.03. The van der Waals surface area contributed by atoms with Gasteiger partial charge >= 0.3 is 5.97 Å². The zero-order valence-electron chi connectivity index (χ0n) is 13.3. The van der Waals surface area contributed by atoms with Crippen molar-refractivity contribution in [2.75, 3.05) is 13.7 Å². The van der Waals surface area contributed by atoms with Crippen molar-refractivity contribution in [3.63, 3.8) is 0 Å². The summed E-state index contributed by atoms with van der Waals surface area (Å²) >= 11 is 11.9. The van der Waals surface area contributed by atoms with Crippen LogP contribution >= 0.6 is 23.2 Å². The molecular weight excluding hydrogens is 351 g/mol. The Labute approximate surface area is 151 Å². The fourth-order valence-corrected chi connectivity index (χ4v) is 3.44. The van der Waals surface area contributed by atoms with E-state index in [-0.39, 0.29) is 15.6 Å². The van der Waals surface area contributed by atoms with Crippen molar-refractivity contribution in [2.45, 2.75) is 37.6 Å². The van der Waals surface area contributed by atoms with Gasteiger partial charge in [0.15, 0.2) is 6.61 Å². The van der Waals surface area contributed by atoms with E-state index in [0.29, 0.717) is 12.8 Å². The van der Waals surface area contributed by atoms with Crippen LogP contribution in [0.2, 0.25) is 10.0 Å². The largest absolute Gasteiger partial charge is 0.452 e. The molecule has 128 valence electrons. The highest BCUT2D eigenvalue weighted by Gasteiger charge is 2.39. The van der Waals surface area contributed by atoms with Crippen molar-refractivity contribution in [3.05, 3.63) is 33.8 Å². The number of nitriles is 1. The number of carbonyl (C=O) groups excluding carboxylic acids is 2. The predicted molar refractivity (Wildman–Crippen MR) is 90.9 cm³/mol. The van der Waals surface area contributed by atoms with Crippen molar-refractivity contribution in [1.29, 1.82) is 5.26 Å². The van der Waals surface area contributed by atoms with Gasteiger partial charge in [-0.25, -0.2) is 4.79 Å². The van der Waals surface area contributed by atoms with Crippen molar-refractivity contribution in [3.8, 4) is 6.07 Å². The average Bonchev–Trinajstić information content (AvgIpc) is 2.59. The van der Waals surface area contributed by atoms with E-state index in [0.717, 1.165) is 19.3 Å². The molecule has 0 aromatic heterocycles. The number of esters is 1. The predicted octanol–water partition coefficient (Wildman–Crippen LogP) is 3.84. The summed E-state index contributed by atoms with van der Waals surface area (Å²) in [5.74, 6) is -1.18. The minimum absolute atomic E-state index is 0.0314. The Balaban J connectivity index is 2.02. The van der Waals surface area contributed by atoms with Crippen LogP contribution in [0.15, 0.2) is 18.2 Å². The smallest absolute Gasteiger partial charge is 0.341 e. The molecule has 1 aromatic rings. The lowest BCUT2D eigenvalue weighted by Gasteiger charge is -2.38. The van der Waals surface area contributed by atoms with Crippen LogP contribution in [0.1, 0.15) is 42.5 Å². The first-order valence-corrected chi connectivity index (χ1v) is 8.46. The molecule has 0 atom stereocenters. The number of amides is 1. The van der Waals surface area contributed by atoms with E-state index in [1.54, 1.807) is 13.1 Å². The van der Waals surface area contributed by atoms with Gasteiger partial charge in [0.2, 0.25) is 0 Å². The maximum absolute atomic E-state index is 12.3. The van der Waals surface area contributed by atoms with Crippen molar-refractivity contribution < 1.29 is 14.3 Å². The van der Waals surface area contributed by atoms with Crippen LogP contribution < -0.4 is 0 Å². The Bertz CT molecular complexity index is 659. The van der Waals surface area contributed by atoms with Gasteiger partial charge in [-0.1, -0.05) is 48.5 Å². The van der Waals surface area contributed by atoms with Gasteiger partial charge in [-0.05, 0) is 25.0 Å². The van der Waals surface area contributed by atoms with Crippen molar-refractivity contribution in [1.82, 2.24) is 4.90 Å². The fourth-order valence-electron chi connectivity index (χ4n) is 2.89. The second kappa shape index (κ2) is 7.87. The number of carbonyl (C=O) groups is 2. The molecule has 7 heteroatoms. The Morgan fingerprint density at radius 1 is 1.25 bits per heavy atom. The number of ether oxygens (including phenoxy) is 1. The third kappa shape index (κ3) is 3.82. The fraction of sp³-hybridized carbons (Fsp3) is 0.471. The van der Waals surface area contributed by atoms with E-state index >= 15 is 0 Å². The molecule has 0 bridgehead atoms. The van der Waals surface area contributed by atoms with Gasteiger partial charge in [-0.15, -0.1) is 0 Å². The third-order valence-electron chi connectivity index (χ3n) is 4.40. The zero-order valence-corrected chi connectivity index (χ0v) is 14.9. The molecular formula is C17H18Cl2N2O3. The van der Waals surface area contributed by atoms with E-state index in [4.69, 9.17) is 27.9 Å². The van der Waals surface area contributed by atoms with Gasteiger partial charge in [0.25, 0.3) is 5.91 Å². The summed E-state index contributed by atoms with van der Waals surface area (Å²) in [5, 5.41) is 9.82. The molecule has 0 radical (unpaired) electrons. The highest BCUT2D eigenvalue weighted by Crippen LogP contribution is 2.32. The van der Waals surface area contributed by atoms with Gasteiger partial charge in [-0.3, -0.25) is 4.79 Å². The number of hydrogen-bond donors (Lipinski definition) is 0. The summed E-state index contributed by atoms with van der Waals surface area (Å²) in [7, 11) is 1.58. The van der Waals surface area contributed by atoms with Crippen LogP contribution in [0, 0.1) is 11.3 Å². The molecule has 0 spiro atoms. The first-order valence-electron chi connectivity index (χ1n) is 7.70. The van der Waals surface area contributed by atoms with Gasteiger partial charge in [0.1, 0.15) is 5.54 Å². The summed E-state index contributed by atoms with van der Waals surface area (Å²) in [6.45, 7) is -0.458. The van der Waals surface area contributed by atoms with Gasteiger partial charge in [0, 0.05) is 7.05 Å². The van der Waals surface area contributed by atoms with E-state index in [2.05, 4.69) is 6.07 Å². The van der Waals surface area contributed by atoms with Crippen LogP contribution in [0.25, 0.3) is 0 Å². The minimum Gasteiger partial charge on any atom is -0.452 e. The highest BCUT2D eigenvalue weighted by atomic mass is 35.5. The zero-order chi connectivity index (χ0) is 17.7. The molecule has 0 aliphatic heterocycles. The average molecular weight is 369 g/mol. The Kier molecular flexibility index (Phi) is 6.09. The van der Waals surface area contributed by atoms with Crippen LogP contribution in [-0.2, 0) is 9.53 Å². The molecule has 5 nitrogen and oxygen atoms in total. The van der Waals surface area contributed by atoms with Crippen molar-refractivity contribution in [2.24, 2.45) is 0 Å². The van der Waals surface area contributed by atoms with E-state index in [9.17, 15) is 14.9 Å². The molecule has 24 heavy (non-hydrogen) atoms. The summed E-state index contributed by atoms with van der Waals surface area (Å²) < 4.78 is 5.04. The lowest BCUT2D eigenvalue weighted by atomic mass is 9.81. The molecule has 0 saturated heterocycles. The Morgan fingerprint density at radius 2 is 1.83 bits per heavy atom. The maximum atomic E-state index is 12.3. The molecule has 0 unspecified atom stereocenters. The van der Waals surface area contributed by atoms with Gasteiger partial charge in [-0.2, -0.15) is 5.26 Å². The molecule has 2 rings (SSSR count). The molecule has 1 aromatic carbocycles. The quantitative estimate of drug-likeness (QED) is 0.757. The number of nitrogens with zero attached hydrogens (tertiary/aromatic N) is 2. The SMILES string of the molecule is CN(C(=O)COC(=O)c1c(Cl)cccc1Cl)C1(C#N)CCCCC1. The molecule has 1 aliphatic carbocycles. The van der Waals surface area contributed by atoms with Gasteiger partial charge in [0.05, 0.1) is 21.7 Å². The summed E-state index contributed by atoms with van der Waals surface area (Å²) in [6, 6.07) is 6.91. The topological polar surface area (TPSA) is 70.4 Å². The number of hydrogen-bond acceptors (Lipinski definition) is 4. The Hall–Kier alpha value is -1.77. The molecule has 1 fully saturated rings. The second-order valence-corrected chi connectivity index (χ2v) is 6.64. The number of benzene rings is 1. The van der Waals surface area contributed by atoms with Crippen LogP contribution in [0.3, 0.4) is 0 Å². The van der Waals surface area contributed by atoms with Gasteiger partial charge < -0.3 is 9.64 Å². The van der Waals surface area contributed by atoms with E-state index < -0.39 is 24.0 Å². The number of likely N-dealkylation sites (N-methyl/N-ethyl adjacent to an activating group) is 1. The second-order valence-electron chi connectivity index (χ2n) is 5.83. The normalized spacial score (nSPS) is 16.1. The first kappa shape index (κ1) is 18.6. The monoisotopic (exact) mass is 368 g/mol. The summed E-state index contributed by atoms with van der Waals surface area (Å²) in [5.41, 5.74) is -0.784. The summed E-state index contributed by atoms with van der Waals surface area (Å²) in [4.78, 5) is 25.9. The van der Waals surface area contributed by atoms with Crippen molar-refractivity contribution >= 4 is 35.1 Å². The summed E-state index contributed by atoms with van der Waals surface area (Å²) in [6.07, 6.45) is 4.14. The van der Waals surface area contributed by atoms with Crippen LogP contribution in [0.4, 0.5) is 0 Å². The van der Waals surface area contributed by atoms with Crippen LogP contribution in [-0.4, -0.2) is 36.0 Å². The lowest BCUT2D eigenvalue weighted by molar-refractivity contribution is -0.138. The highest BCUT2D eigenvalue weighted by molar-refractivity contribution is 6.39. The first-order chi connectivity index (χ1) is 11.4. The maximum Gasteiger partial charge on any atom is 0.341 e. The Morgan fingerprint density at radius 3 is 2.38 bits per heavy atom. The molecule has 0 heterocycles. The van der Waals surface area contributed by atoms with E-state index in [1.807, 2.05) is 0 Å². The molecule has 1 amide bonds. The minimum atomic E-state index is -0.816. The number of halogens is 2. The standard InChI is InChI=1S/C17H18Cl2N2O3/c1-21(17(11-20)8-3-2-4-9-17)14(22)10-24-16(23)15-12(18)6-5-7-13(15)19/h5-7H,2-4,8-10H2,1H3.